The normalized spacial score (nSPS) is 19.5. The number of nitrogens with zero attached hydrogens (tertiary/aromatic N) is 3. The van der Waals surface area contributed by atoms with Gasteiger partial charge in [0.05, 0.1) is 6.61 Å². The van der Waals surface area contributed by atoms with Gasteiger partial charge in [0, 0.05) is 37.9 Å². The smallest absolute Gasteiger partial charge is 0.135 e. The largest absolute Gasteiger partial charge is 0.493 e. The summed E-state index contributed by atoms with van der Waals surface area (Å²) in [6.07, 6.45) is 3.17. The van der Waals surface area contributed by atoms with Crippen molar-refractivity contribution in [1.82, 2.24) is 20.1 Å². The van der Waals surface area contributed by atoms with E-state index in [9.17, 15) is 0 Å². The molecule has 1 atom stereocenters. The van der Waals surface area contributed by atoms with Gasteiger partial charge in [-0.2, -0.15) is 0 Å². The summed E-state index contributed by atoms with van der Waals surface area (Å²) >= 11 is 0. The van der Waals surface area contributed by atoms with E-state index in [0.29, 0.717) is 12.0 Å². The molecule has 2 aliphatic heterocycles. The molecule has 5 nitrogen and oxygen atoms in total. The van der Waals surface area contributed by atoms with Crippen LogP contribution in [0.1, 0.15) is 49.0 Å². The van der Waals surface area contributed by atoms with Crippen LogP contribution in [0.4, 0.5) is 0 Å². The zero-order valence-corrected chi connectivity index (χ0v) is 13.9. The monoisotopic (exact) mass is 312 g/mol. The van der Waals surface area contributed by atoms with E-state index in [-0.39, 0.29) is 0 Å². The van der Waals surface area contributed by atoms with Gasteiger partial charge in [0.2, 0.25) is 0 Å². The van der Waals surface area contributed by atoms with Gasteiger partial charge < -0.3 is 14.6 Å². The Bertz CT molecular complexity index is 707. The Labute approximate surface area is 137 Å². The summed E-state index contributed by atoms with van der Waals surface area (Å²) in [6.45, 7) is 7.07. The first-order chi connectivity index (χ1) is 11.2. The van der Waals surface area contributed by atoms with E-state index in [2.05, 4.69) is 52.1 Å². The molecular formula is C18H24N4O. The molecule has 0 spiro atoms. The molecular weight excluding hydrogens is 288 g/mol. The molecule has 0 fully saturated rings. The molecule has 0 bridgehead atoms. The minimum atomic E-state index is 0.423. The Morgan fingerprint density at radius 2 is 2.22 bits per heavy atom. The maximum atomic E-state index is 5.58. The molecule has 0 saturated heterocycles. The summed E-state index contributed by atoms with van der Waals surface area (Å²) in [4.78, 5) is 0. The number of benzene rings is 1. The van der Waals surface area contributed by atoms with Crippen LogP contribution in [0.5, 0.6) is 5.75 Å². The summed E-state index contributed by atoms with van der Waals surface area (Å²) in [6, 6.07) is 7.04. The average Bonchev–Trinajstić information content (AvgIpc) is 3.18. The molecule has 0 radical (unpaired) electrons. The van der Waals surface area contributed by atoms with Crippen molar-refractivity contribution in [1.29, 1.82) is 0 Å². The molecule has 5 heteroatoms. The van der Waals surface area contributed by atoms with Crippen molar-refractivity contribution in [2.45, 2.75) is 58.2 Å². The van der Waals surface area contributed by atoms with Crippen molar-refractivity contribution in [2.24, 2.45) is 0 Å². The van der Waals surface area contributed by atoms with E-state index in [1.165, 1.54) is 11.1 Å². The number of aryl methyl sites for hydroxylation is 1. The zero-order valence-electron chi connectivity index (χ0n) is 13.9. The molecule has 0 amide bonds. The highest BCUT2D eigenvalue weighted by Crippen LogP contribution is 2.26. The van der Waals surface area contributed by atoms with E-state index in [4.69, 9.17) is 4.74 Å². The van der Waals surface area contributed by atoms with E-state index in [1.54, 1.807) is 0 Å². The van der Waals surface area contributed by atoms with Crippen LogP contribution in [-0.4, -0.2) is 27.4 Å². The molecule has 1 aromatic carbocycles. The minimum Gasteiger partial charge on any atom is -0.493 e. The van der Waals surface area contributed by atoms with Crippen molar-refractivity contribution >= 4 is 0 Å². The molecule has 1 aromatic heterocycles. The molecule has 0 unspecified atom stereocenters. The van der Waals surface area contributed by atoms with Crippen LogP contribution in [-0.2, 0) is 25.9 Å². The van der Waals surface area contributed by atoms with Crippen molar-refractivity contribution in [2.75, 3.05) is 6.61 Å². The second kappa shape index (κ2) is 5.96. The fourth-order valence-electron chi connectivity index (χ4n) is 3.55. The predicted octanol–water partition coefficient (Wildman–Crippen LogP) is 2.44. The van der Waals surface area contributed by atoms with Gasteiger partial charge in [0.15, 0.2) is 0 Å². The van der Waals surface area contributed by atoms with Crippen LogP contribution in [0.15, 0.2) is 18.2 Å². The van der Waals surface area contributed by atoms with E-state index < -0.39 is 0 Å². The van der Waals surface area contributed by atoms with Crippen LogP contribution in [0, 0.1) is 0 Å². The SMILES string of the molecule is CC(C)c1nnc2n1C[C@H](NCc1ccc3c(c1)CCO3)CC2. The van der Waals surface area contributed by atoms with Gasteiger partial charge in [0.25, 0.3) is 0 Å². The second-order valence-corrected chi connectivity index (χ2v) is 6.90. The lowest BCUT2D eigenvalue weighted by atomic mass is 10.0. The first kappa shape index (κ1) is 14.7. The van der Waals surface area contributed by atoms with Gasteiger partial charge in [0.1, 0.15) is 17.4 Å². The summed E-state index contributed by atoms with van der Waals surface area (Å²) in [5.74, 6) is 3.73. The molecule has 1 N–H and O–H groups in total. The maximum absolute atomic E-state index is 5.58. The van der Waals surface area contributed by atoms with Crippen LogP contribution in [0.3, 0.4) is 0 Å². The molecule has 4 rings (SSSR count). The Morgan fingerprint density at radius 3 is 3.09 bits per heavy atom. The highest BCUT2D eigenvalue weighted by molar-refractivity contribution is 5.39. The third-order valence-corrected chi connectivity index (χ3v) is 4.84. The van der Waals surface area contributed by atoms with Crippen molar-refractivity contribution in [3.8, 4) is 5.75 Å². The highest BCUT2D eigenvalue weighted by atomic mass is 16.5. The minimum absolute atomic E-state index is 0.423. The number of ether oxygens (including phenoxy) is 1. The lowest BCUT2D eigenvalue weighted by Gasteiger charge is -2.26. The number of rotatable bonds is 4. The quantitative estimate of drug-likeness (QED) is 0.942. The molecule has 23 heavy (non-hydrogen) atoms. The van der Waals surface area contributed by atoms with E-state index >= 15 is 0 Å². The third kappa shape index (κ3) is 2.85. The van der Waals surface area contributed by atoms with Gasteiger partial charge in [-0.05, 0) is 23.6 Å². The van der Waals surface area contributed by atoms with Gasteiger partial charge >= 0.3 is 0 Å². The van der Waals surface area contributed by atoms with Gasteiger partial charge in [-0.15, -0.1) is 10.2 Å². The van der Waals surface area contributed by atoms with Crippen LogP contribution >= 0.6 is 0 Å². The van der Waals surface area contributed by atoms with Crippen molar-refractivity contribution in [3.63, 3.8) is 0 Å². The molecule has 0 saturated carbocycles. The second-order valence-electron chi connectivity index (χ2n) is 6.90. The fraction of sp³-hybridized carbons (Fsp3) is 0.556. The van der Waals surface area contributed by atoms with E-state index in [0.717, 1.165) is 56.4 Å². The summed E-state index contributed by atoms with van der Waals surface area (Å²) in [5.41, 5.74) is 2.68. The van der Waals surface area contributed by atoms with Gasteiger partial charge in [-0.3, -0.25) is 0 Å². The van der Waals surface area contributed by atoms with Crippen LogP contribution < -0.4 is 10.1 Å². The van der Waals surface area contributed by atoms with Crippen LogP contribution in [0.2, 0.25) is 0 Å². The number of fused-ring (bicyclic) bond motifs is 2. The standard InChI is InChI=1S/C18H24N4O/c1-12(2)18-21-20-17-6-4-15(11-22(17)18)19-10-13-3-5-16-14(9-13)7-8-23-16/h3,5,9,12,15,19H,4,6-8,10-11H2,1-2H3/t15-/m1/s1. The van der Waals surface area contributed by atoms with Gasteiger partial charge in [-0.1, -0.05) is 26.0 Å². The number of hydrogen-bond acceptors (Lipinski definition) is 4. The topological polar surface area (TPSA) is 52.0 Å². The first-order valence-corrected chi connectivity index (χ1v) is 8.60. The molecule has 0 aliphatic carbocycles. The Morgan fingerprint density at radius 1 is 1.30 bits per heavy atom. The van der Waals surface area contributed by atoms with Crippen molar-refractivity contribution < 1.29 is 4.74 Å². The average molecular weight is 312 g/mol. The number of hydrogen-bond donors (Lipinski definition) is 1. The molecule has 122 valence electrons. The summed E-state index contributed by atoms with van der Waals surface area (Å²) in [7, 11) is 0. The first-order valence-electron chi connectivity index (χ1n) is 8.60. The number of nitrogens with one attached hydrogen (secondary N) is 1. The Kier molecular flexibility index (Phi) is 3.81. The molecule has 2 aliphatic rings. The Hall–Kier alpha value is -1.88. The van der Waals surface area contributed by atoms with Gasteiger partial charge in [-0.25, -0.2) is 0 Å². The maximum Gasteiger partial charge on any atom is 0.135 e. The van der Waals surface area contributed by atoms with Crippen LogP contribution in [0.25, 0.3) is 0 Å². The predicted molar refractivity (Wildman–Crippen MR) is 88.7 cm³/mol. The number of aromatic nitrogens is 3. The Balaban J connectivity index is 1.41. The third-order valence-electron chi connectivity index (χ3n) is 4.84. The van der Waals surface area contributed by atoms with E-state index in [1.807, 2.05) is 0 Å². The zero-order chi connectivity index (χ0) is 15.8. The fourth-order valence-corrected chi connectivity index (χ4v) is 3.55. The molecule has 2 aromatic rings. The van der Waals surface area contributed by atoms with Crippen molar-refractivity contribution in [3.05, 3.63) is 41.0 Å². The summed E-state index contributed by atoms with van der Waals surface area (Å²) < 4.78 is 7.88. The lowest BCUT2D eigenvalue weighted by Crippen LogP contribution is -2.37. The lowest BCUT2D eigenvalue weighted by molar-refractivity contribution is 0.356. The highest BCUT2D eigenvalue weighted by Gasteiger charge is 2.23. The summed E-state index contributed by atoms with van der Waals surface area (Å²) in [5, 5.41) is 12.4. The molecule has 3 heterocycles.